The van der Waals surface area contributed by atoms with Gasteiger partial charge in [0, 0.05) is 0 Å². The molecule has 0 aromatic heterocycles. The van der Waals surface area contributed by atoms with Crippen LogP contribution in [-0.2, 0) is 9.78 Å². The predicted octanol–water partition coefficient (Wildman–Crippen LogP) is 1.92. The zero-order valence-electron chi connectivity index (χ0n) is 5.93. The normalized spacial score (nSPS) is 9.44. The monoisotopic (exact) mass is 130 g/mol. The summed E-state index contributed by atoms with van der Waals surface area (Å²) in [7, 11) is 0. The van der Waals surface area contributed by atoms with Gasteiger partial charge in [-0.05, 0) is 6.42 Å². The molecule has 2 heteroatoms. The van der Waals surface area contributed by atoms with Crippen LogP contribution in [0.1, 0.15) is 19.8 Å². The molecular formula is C7H14O2. The van der Waals surface area contributed by atoms with E-state index >= 15 is 0 Å². The molecule has 0 aliphatic heterocycles. The molecule has 0 bridgehead atoms. The summed E-state index contributed by atoms with van der Waals surface area (Å²) in [5.41, 5.74) is 0. The molecule has 0 saturated carbocycles. The van der Waals surface area contributed by atoms with E-state index in [9.17, 15) is 0 Å². The molecule has 9 heavy (non-hydrogen) atoms. The van der Waals surface area contributed by atoms with Gasteiger partial charge in [0.1, 0.15) is 6.61 Å². The van der Waals surface area contributed by atoms with Gasteiger partial charge < -0.3 is 0 Å². The predicted molar refractivity (Wildman–Crippen MR) is 37.0 cm³/mol. The van der Waals surface area contributed by atoms with E-state index in [2.05, 4.69) is 18.4 Å². The lowest BCUT2D eigenvalue weighted by Crippen LogP contribution is -1.95. The molecule has 0 unspecified atom stereocenters. The second kappa shape index (κ2) is 7.66. The highest BCUT2D eigenvalue weighted by Crippen LogP contribution is 1.87. The maximum absolute atomic E-state index is 4.74. The van der Waals surface area contributed by atoms with E-state index in [1.54, 1.807) is 6.08 Å². The van der Waals surface area contributed by atoms with Crippen molar-refractivity contribution in [2.75, 3.05) is 13.2 Å². The van der Waals surface area contributed by atoms with E-state index in [0.717, 1.165) is 12.8 Å². The first kappa shape index (κ1) is 8.66. The Hall–Kier alpha value is -0.340. The molecule has 0 rings (SSSR count). The molecule has 0 aromatic carbocycles. The third-order valence-corrected chi connectivity index (χ3v) is 0.850. The molecule has 0 atom stereocenters. The number of rotatable bonds is 6. The number of hydrogen-bond acceptors (Lipinski definition) is 2. The molecule has 0 fully saturated rings. The zero-order valence-corrected chi connectivity index (χ0v) is 5.93. The highest BCUT2D eigenvalue weighted by Gasteiger charge is 1.83. The first-order valence-corrected chi connectivity index (χ1v) is 3.27. The van der Waals surface area contributed by atoms with Crippen LogP contribution in [0.2, 0.25) is 0 Å². The van der Waals surface area contributed by atoms with Gasteiger partial charge in [-0.3, -0.25) is 0 Å². The van der Waals surface area contributed by atoms with Gasteiger partial charge in [-0.1, -0.05) is 19.4 Å². The Morgan fingerprint density at radius 3 is 2.78 bits per heavy atom. The molecular weight excluding hydrogens is 116 g/mol. The fraction of sp³-hybridized carbons (Fsp3) is 0.714. The van der Waals surface area contributed by atoms with Crippen LogP contribution in [-0.4, -0.2) is 13.2 Å². The van der Waals surface area contributed by atoms with Crippen molar-refractivity contribution >= 4 is 0 Å². The molecule has 0 spiro atoms. The van der Waals surface area contributed by atoms with Gasteiger partial charge >= 0.3 is 0 Å². The molecule has 0 aromatic rings. The lowest BCUT2D eigenvalue weighted by molar-refractivity contribution is -0.286. The maximum Gasteiger partial charge on any atom is 0.100 e. The molecule has 0 saturated heterocycles. The molecule has 0 amide bonds. The summed E-state index contributed by atoms with van der Waals surface area (Å²) < 4.78 is 0. The summed E-state index contributed by atoms with van der Waals surface area (Å²) in [6, 6.07) is 0. The van der Waals surface area contributed by atoms with Gasteiger partial charge in [0.2, 0.25) is 0 Å². The lowest BCUT2D eigenvalue weighted by atomic mass is 10.4. The van der Waals surface area contributed by atoms with Crippen molar-refractivity contribution in [3.05, 3.63) is 12.7 Å². The minimum Gasteiger partial charge on any atom is -0.236 e. The van der Waals surface area contributed by atoms with Crippen LogP contribution in [0, 0.1) is 0 Å². The van der Waals surface area contributed by atoms with E-state index in [1.807, 2.05) is 0 Å². The van der Waals surface area contributed by atoms with E-state index in [-0.39, 0.29) is 0 Å². The Morgan fingerprint density at radius 1 is 1.44 bits per heavy atom. The zero-order chi connectivity index (χ0) is 6.95. The third kappa shape index (κ3) is 7.66. The van der Waals surface area contributed by atoms with Crippen LogP contribution in [0.3, 0.4) is 0 Å². The van der Waals surface area contributed by atoms with Crippen molar-refractivity contribution in [3.63, 3.8) is 0 Å². The highest BCUT2D eigenvalue weighted by molar-refractivity contribution is 4.62. The van der Waals surface area contributed by atoms with Gasteiger partial charge in [-0.25, -0.2) is 9.78 Å². The SMILES string of the molecule is C=CCOOCCCC. The summed E-state index contributed by atoms with van der Waals surface area (Å²) in [5, 5.41) is 0. The Morgan fingerprint density at radius 2 is 2.22 bits per heavy atom. The van der Waals surface area contributed by atoms with E-state index in [1.165, 1.54) is 0 Å². The van der Waals surface area contributed by atoms with Crippen molar-refractivity contribution in [1.29, 1.82) is 0 Å². The lowest BCUT2D eigenvalue weighted by Gasteiger charge is -1.98. The second-order valence-corrected chi connectivity index (χ2v) is 1.75. The van der Waals surface area contributed by atoms with Gasteiger partial charge in [0.25, 0.3) is 0 Å². The van der Waals surface area contributed by atoms with Gasteiger partial charge in [-0.15, -0.1) is 6.58 Å². The fourth-order valence-corrected chi connectivity index (χ4v) is 0.358. The Kier molecular flexibility index (Phi) is 7.37. The van der Waals surface area contributed by atoms with Gasteiger partial charge in [-0.2, -0.15) is 0 Å². The van der Waals surface area contributed by atoms with Crippen LogP contribution < -0.4 is 0 Å². The quantitative estimate of drug-likeness (QED) is 0.237. The van der Waals surface area contributed by atoms with Gasteiger partial charge in [0.15, 0.2) is 0 Å². The van der Waals surface area contributed by atoms with Crippen LogP contribution >= 0.6 is 0 Å². The molecule has 0 aliphatic carbocycles. The van der Waals surface area contributed by atoms with E-state index in [4.69, 9.17) is 4.89 Å². The average molecular weight is 130 g/mol. The summed E-state index contributed by atoms with van der Waals surface area (Å²) in [5.74, 6) is 0. The van der Waals surface area contributed by atoms with Crippen molar-refractivity contribution in [3.8, 4) is 0 Å². The van der Waals surface area contributed by atoms with Crippen LogP contribution in [0.5, 0.6) is 0 Å². The van der Waals surface area contributed by atoms with Gasteiger partial charge in [0.05, 0.1) is 6.61 Å². The van der Waals surface area contributed by atoms with Crippen molar-refractivity contribution in [2.24, 2.45) is 0 Å². The van der Waals surface area contributed by atoms with Crippen LogP contribution in [0.15, 0.2) is 12.7 Å². The number of unbranched alkanes of at least 4 members (excludes halogenated alkanes) is 1. The largest absolute Gasteiger partial charge is 0.236 e. The Labute approximate surface area is 56.4 Å². The van der Waals surface area contributed by atoms with Crippen molar-refractivity contribution in [2.45, 2.75) is 19.8 Å². The summed E-state index contributed by atoms with van der Waals surface area (Å²) in [6.45, 7) is 6.74. The first-order chi connectivity index (χ1) is 4.41. The third-order valence-electron chi connectivity index (χ3n) is 0.850. The minimum atomic E-state index is 0.476. The second-order valence-electron chi connectivity index (χ2n) is 1.75. The Bertz CT molecular complexity index is 61.9. The average Bonchev–Trinajstić information content (AvgIpc) is 1.89. The maximum atomic E-state index is 4.74. The van der Waals surface area contributed by atoms with Crippen LogP contribution in [0.4, 0.5) is 0 Å². The van der Waals surface area contributed by atoms with E-state index < -0.39 is 0 Å². The Balaban J connectivity index is 2.66. The summed E-state index contributed by atoms with van der Waals surface area (Å²) in [6.07, 6.45) is 3.85. The molecule has 2 nitrogen and oxygen atoms in total. The standard InChI is InChI=1S/C7H14O2/c1-3-5-7-9-8-6-4-2/h4H,2-3,5-7H2,1H3. The molecule has 0 radical (unpaired) electrons. The molecule has 0 aliphatic rings. The van der Waals surface area contributed by atoms with Crippen molar-refractivity contribution in [1.82, 2.24) is 0 Å². The topological polar surface area (TPSA) is 18.5 Å². The molecule has 0 N–H and O–H groups in total. The highest BCUT2D eigenvalue weighted by atomic mass is 17.2. The summed E-state index contributed by atoms with van der Waals surface area (Å²) >= 11 is 0. The van der Waals surface area contributed by atoms with Crippen LogP contribution in [0.25, 0.3) is 0 Å². The molecule has 0 heterocycles. The smallest absolute Gasteiger partial charge is 0.100 e. The summed E-state index contributed by atoms with van der Waals surface area (Å²) in [4.78, 5) is 9.41. The first-order valence-electron chi connectivity index (χ1n) is 3.27. The minimum absolute atomic E-state index is 0.476. The van der Waals surface area contributed by atoms with E-state index in [0.29, 0.717) is 13.2 Å². The fourth-order valence-electron chi connectivity index (χ4n) is 0.358. The molecule has 54 valence electrons. The number of hydrogen-bond donors (Lipinski definition) is 0. The van der Waals surface area contributed by atoms with Crippen molar-refractivity contribution < 1.29 is 9.78 Å².